The van der Waals surface area contributed by atoms with Gasteiger partial charge < -0.3 is 9.64 Å². The monoisotopic (exact) mass is 448 g/mol. The number of carbonyl (C=O) groups excluding carboxylic acids is 1. The highest BCUT2D eigenvalue weighted by Crippen LogP contribution is 2.18. The van der Waals surface area contributed by atoms with Gasteiger partial charge in [-0.1, -0.05) is 44.2 Å². The minimum absolute atomic E-state index is 0.107. The van der Waals surface area contributed by atoms with Crippen LogP contribution in [-0.2, 0) is 13.1 Å². The summed E-state index contributed by atoms with van der Waals surface area (Å²) in [7, 11) is 0. The molecule has 3 aromatic rings. The van der Waals surface area contributed by atoms with Crippen molar-refractivity contribution >= 4 is 16.7 Å². The third-order valence-electron chi connectivity index (χ3n) is 5.91. The molecule has 0 aliphatic carbocycles. The third-order valence-corrected chi connectivity index (χ3v) is 5.91. The maximum Gasteiger partial charge on any atom is 0.275 e. The second-order valence-electron chi connectivity index (χ2n) is 8.92. The molecule has 0 N–H and O–H groups in total. The summed E-state index contributed by atoms with van der Waals surface area (Å²) in [5.41, 5.74) is 1.45. The van der Waals surface area contributed by atoms with Crippen LogP contribution in [0, 0.1) is 5.92 Å². The fraction of sp³-hybridized carbons (Fsp3) is 0.423. The zero-order valence-electron chi connectivity index (χ0n) is 19.7. The highest BCUT2D eigenvalue weighted by atomic mass is 16.5. The van der Waals surface area contributed by atoms with E-state index in [1.54, 1.807) is 6.07 Å². The number of carbonyl (C=O) groups is 1. The SMILES string of the molecule is CCOc1ccc(CN2CCN(C(=O)c3nn(CC(C)C)c(=O)c4ccccc34)CC2)cc1. The molecule has 1 saturated heterocycles. The highest BCUT2D eigenvalue weighted by molar-refractivity contribution is 6.04. The number of rotatable bonds is 7. The first-order chi connectivity index (χ1) is 16.0. The van der Waals surface area contributed by atoms with Crippen LogP contribution in [0.5, 0.6) is 5.75 Å². The Kier molecular flexibility index (Phi) is 7.08. The fourth-order valence-electron chi connectivity index (χ4n) is 4.24. The Morgan fingerprint density at radius 3 is 2.30 bits per heavy atom. The summed E-state index contributed by atoms with van der Waals surface area (Å²) in [4.78, 5) is 30.5. The van der Waals surface area contributed by atoms with Crippen LogP contribution in [0.15, 0.2) is 53.3 Å². The van der Waals surface area contributed by atoms with E-state index in [2.05, 4.69) is 22.1 Å². The van der Waals surface area contributed by atoms with Crippen molar-refractivity contribution in [2.24, 2.45) is 5.92 Å². The molecule has 1 aliphatic rings. The van der Waals surface area contributed by atoms with Crippen molar-refractivity contribution in [3.05, 3.63) is 70.1 Å². The molecule has 1 fully saturated rings. The Morgan fingerprint density at radius 1 is 1.00 bits per heavy atom. The van der Waals surface area contributed by atoms with E-state index >= 15 is 0 Å². The number of ether oxygens (including phenoxy) is 1. The highest BCUT2D eigenvalue weighted by Gasteiger charge is 2.26. The van der Waals surface area contributed by atoms with Crippen molar-refractivity contribution in [3.63, 3.8) is 0 Å². The van der Waals surface area contributed by atoms with Gasteiger partial charge >= 0.3 is 0 Å². The second-order valence-corrected chi connectivity index (χ2v) is 8.92. The molecule has 174 valence electrons. The molecule has 1 aliphatic heterocycles. The number of nitrogens with zero attached hydrogens (tertiary/aromatic N) is 4. The molecule has 0 atom stereocenters. The van der Waals surface area contributed by atoms with Gasteiger partial charge in [-0.05, 0) is 36.6 Å². The van der Waals surface area contributed by atoms with Crippen LogP contribution in [-0.4, -0.2) is 58.3 Å². The maximum absolute atomic E-state index is 13.4. The third kappa shape index (κ3) is 5.25. The van der Waals surface area contributed by atoms with E-state index in [-0.39, 0.29) is 17.4 Å². The van der Waals surface area contributed by atoms with E-state index in [9.17, 15) is 9.59 Å². The lowest BCUT2D eigenvalue weighted by Crippen LogP contribution is -2.48. The average molecular weight is 449 g/mol. The number of aromatic nitrogens is 2. The Balaban J connectivity index is 1.47. The quantitative estimate of drug-likeness (QED) is 0.554. The number of fused-ring (bicyclic) bond motifs is 1. The first kappa shape index (κ1) is 23.0. The van der Waals surface area contributed by atoms with Crippen molar-refractivity contribution in [3.8, 4) is 5.75 Å². The summed E-state index contributed by atoms with van der Waals surface area (Å²) in [6.07, 6.45) is 0. The average Bonchev–Trinajstić information content (AvgIpc) is 2.82. The van der Waals surface area contributed by atoms with Crippen molar-refractivity contribution in [1.29, 1.82) is 0 Å². The summed E-state index contributed by atoms with van der Waals surface area (Å²) in [6.45, 7) is 10.9. The van der Waals surface area contributed by atoms with Gasteiger partial charge in [0, 0.05) is 44.7 Å². The number of hydrogen-bond acceptors (Lipinski definition) is 5. The largest absolute Gasteiger partial charge is 0.494 e. The molecule has 0 radical (unpaired) electrons. The molecular formula is C26H32N4O3. The summed E-state index contributed by atoms with van der Waals surface area (Å²) >= 11 is 0. The van der Waals surface area contributed by atoms with Gasteiger partial charge in [0.1, 0.15) is 5.75 Å². The molecule has 1 amide bonds. The van der Waals surface area contributed by atoms with Gasteiger partial charge in [0.2, 0.25) is 0 Å². The van der Waals surface area contributed by atoms with E-state index in [0.29, 0.717) is 42.7 Å². The Morgan fingerprint density at radius 2 is 1.67 bits per heavy atom. The molecule has 0 spiro atoms. The molecular weight excluding hydrogens is 416 g/mol. The topological polar surface area (TPSA) is 67.7 Å². The lowest BCUT2D eigenvalue weighted by atomic mass is 10.1. The zero-order chi connectivity index (χ0) is 23.4. The molecule has 2 aromatic carbocycles. The molecule has 4 rings (SSSR count). The maximum atomic E-state index is 13.4. The van der Waals surface area contributed by atoms with Gasteiger partial charge in [0.25, 0.3) is 11.5 Å². The number of piperazine rings is 1. The molecule has 0 bridgehead atoms. The fourth-order valence-corrected chi connectivity index (χ4v) is 4.24. The lowest BCUT2D eigenvalue weighted by molar-refractivity contribution is 0.0622. The first-order valence-electron chi connectivity index (χ1n) is 11.7. The second kappa shape index (κ2) is 10.2. The molecule has 1 aromatic heterocycles. The van der Waals surface area contributed by atoms with Crippen LogP contribution < -0.4 is 10.3 Å². The number of amides is 1. The zero-order valence-corrected chi connectivity index (χ0v) is 19.7. The Labute approximate surface area is 194 Å². The van der Waals surface area contributed by atoms with Gasteiger partial charge in [-0.15, -0.1) is 0 Å². The van der Waals surface area contributed by atoms with E-state index < -0.39 is 0 Å². The predicted octanol–water partition coefficient (Wildman–Crippen LogP) is 3.41. The molecule has 0 saturated carbocycles. The van der Waals surface area contributed by atoms with Gasteiger partial charge in [-0.25, -0.2) is 4.68 Å². The van der Waals surface area contributed by atoms with Crippen molar-refractivity contribution < 1.29 is 9.53 Å². The lowest BCUT2D eigenvalue weighted by Gasteiger charge is -2.34. The molecule has 7 heteroatoms. The van der Waals surface area contributed by atoms with Crippen LogP contribution >= 0.6 is 0 Å². The minimum atomic E-state index is -0.143. The van der Waals surface area contributed by atoms with Crippen LogP contribution in [0.4, 0.5) is 0 Å². The first-order valence-corrected chi connectivity index (χ1v) is 11.7. The van der Waals surface area contributed by atoms with Crippen LogP contribution in [0.25, 0.3) is 10.8 Å². The Bertz CT molecular complexity index is 1160. The van der Waals surface area contributed by atoms with Gasteiger partial charge in [0.15, 0.2) is 5.69 Å². The van der Waals surface area contributed by atoms with E-state index in [1.165, 1.54) is 10.2 Å². The van der Waals surface area contributed by atoms with E-state index in [1.807, 2.05) is 56.0 Å². The summed E-state index contributed by atoms with van der Waals surface area (Å²) in [5, 5.41) is 5.69. The molecule has 7 nitrogen and oxygen atoms in total. The molecule has 2 heterocycles. The van der Waals surface area contributed by atoms with Crippen LogP contribution in [0.1, 0.15) is 36.8 Å². The van der Waals surface area contributed by atoms with E-state index in [4.69, 9.17) is 4.74 Å². The Hall–Kier alpha value is -3.19. The summed E-state index contributed by atoms with van der Waals surface area (Å²) in [6, 6.07) is 15.5. The number of benzene rings is 2. The minimum Gasteiger partial charge on any atom is -0.494 e. The molecule has 0 unspecified atom stereocenters. The van der Waals surface area contributed by atoms with Crippen molar-refractivity contribution in [2.45, 2.75) is 33.9 Å². The van der Waals surface area contributed by atoms with Crippen LogP contribution in [0.2, 0.25) is 0 Å². The number of hydrogen-bond donors (Lipinski definition) is 0. The smallest absolute Gasteiger partial charge is 0.275 e. The van der Waals surface area contributed by atoms with E-state index in [0.717, 1.165) is 25.4 Å². The van der Waals surface area contributed by atoms with Gasteiger partial charge in [-0.3, -0.25) is 14.5 Å². The molecule has 33 heavy (non-hydrogen) atoms. The van der Waals surface area contributed by atoms with Crippen molar-refractivity contribution in [2.75, 3.05) is 32.8 Å². The van der Waals surface area contributed by atoms with Crippen molar-refractivity contribution in [1.82, 2.24) is 19.6 Å². The standard InChI is InChI=1S/C26H32N4O3/c1-4-33-21-11-9-20(10-12-21)18-28-13-15-29(16-14-28)26(32)24-22-7-5-6-8-23(22)25(31)30(27-24)17-19(2)3/h5-12,19H,4,13-18H2,1-3H3. The van der Waals surface area contributed by atoms with Gasteiger partial charge in [0.05, 0.1) is 12.0 Å². The normalized spacial score (nSPS) is 14.7. The summed E-state index contributed by atoms with van der Waals surface area (Å²) < 4.78 is 6.96. The predicted molar refractivity (Wildman–Crippen MR) is 130 cm³/mol. The van der Waals surface area contributed by atoms with Crippen LogP contribution in [0.3, 0.4) is 0 Å². The summed E-state index contributed by atoms with van der Waals surface area (Å²) in [5.74, 6) is 1.03. The van der Waals surface area contributed by atoms with Gasteiger partial charge in [-0.2, -0.15) is 5.10 Å².